The van der Waals surface area contributed by atoms with Gasteiger partial charge in [-0.1, -0.05) is 85.5 Å². The van der Waals surface area contributed by atoms with Gasteiger partial charge < -0.3 is 15.5 Å². The Balaban J connectivity index is 1.23. The average molecular weight is 539 g/mol. The summed E-state index contributed by atoms with van der Waals surface area (Å²) in [6.45, 7) is 1.85. The highest BCUT2D eigenvalue weighted by atomic mass is 35.5. The Bertz CT molecular complexity index is 1320. The fourth-order valence-electron chi connectivity index (χ4n) is 5.05. The van der Waals surface area contributed by atoms with E-state index >= 15 is 0 Å². The molecule has 1 heterocycles. The summed E-state index contributed by atoms with van der Waals surface area (Å²) in [4.78, 5) is 19.2. The van der Waals surface area contributed by atoms with E-state index in [0.717, 1.165) is 23.2 Å². The molecule has 1 saturated carbocycles. The zero-order valence-electron chi connectivity index (χ0n) is 22.2. The minimum atomic E-state index is -0.178. The summed E-state index contributed by atoms with van der Waals surface area (Å²) in [7, 11) is 0. The van der Waals surface area contributed by atoms with Crippen molar-refractivity contribution in [1.82, 2.24) is 15.2 Å². The van der Waals surface area contributed by atoms with Crippen molar-refractivity contribution in [3.63, 3.8) is 0 Å². The number of carbonyl (C=O) groups is 1. The molecule has 6 heteroatoms. The van der Waals surface area contributed by atoms with Crippen LogP contribution in [0, 0.1) is 0 Å². The Hall–Kier alpha value is -3.67. The summed E-state index contributed by atoms with van der Waals surface area (Å²) >= 11 is 6.00. The van der Waals surface area contributed by atoms with Crippen molar-refractivity contribution in [2.75, 3.05) is 5.32 Å². The van der Waals surface area contributed by atoms with Gasteiger partial charge in [-0.05, 0) is 71.0 Å². The maximum absolute atomic E-state index is 13.2. The molecule has 0 radical (unpaired) electrons. The van der Waals surface area contributed by atoms with Gasteiger partial charge in [-0.15, -0.1) is 0 Å². The van der Waals surface area contributed by atoms with E-state index in [9.17, 15) is 4.79 Å². The van der Waals surface area contributed by atoms with Crippen molar-refractivity contribution in [2.45, 2.75) is 57.8 Å². The molecule has 0 aliphatic heterocycles. The van der Waals surface area contributed by atoms with Crippen molar-refractivity contribution in [1.29, 1.82) is 0 Å². The molecule has 0 unspecified atom stereocenters. The largest absolute Gasteiger partial charge is 0.322 e. The summed E-state index contributed by atoms with van der Waals surface area (Å²) in [5, 5.41) is 7.34. The van der Waals surface area contributed by atoms with Crippen LogP contribution in [0.1, 0.15) is 48.8 Å². The number of hydrogen-bond acceptors (Lipinski definition) is 3. The molecule has 4 aromatic rings. The lowest BCUT2D eigenvalue weighted by Gasteiger charge is -2.23. The third kappa shape index (κ3) is 7.92. The molecule has 0 atom stereocenters. The Kier molecular flexibility index (Phi) is 9.26. The van der Waals surface area contributed by atoms with E-state index in [1.165, 1.54) is 43.2 Å². The van der Waals surface area contributed by atoms with Gasteiger partial charge in [0, 0.05) is 48.8 Å². The molecular weight excluding hydrogens is 504 g/mol. The molecule has 1 aliphatic rings. The topological polar surface area (TPSA) is 57.3 Å². The average Bonchev–Trinajstić information content (AvgIpc) is 2.99. The van der Waals surface area contributed by atoms with Crippen LogP contribution in [0.4, 0.5) is 10.5 Å². The minimum absolute atomic E-state index is 0.178. The zero-order chi connectivity index (χ0) is 26.9. The lowest BCUT2D eigenvalue weighted by Crippen LogP contribution is -2.34. The molecule has 0 saturated heterocycles. The van der Waals surface area contributed by atoms with Gasteiger partial charge in [0.15, 0.2) is 0 Å². The Morgan fingerprint density at radius 2 is 1.44 bits per heavy atom. The van der Waals surface area contributed by atoms with Crippen LogP contribution in [-0.2, 0) is 19.6 Å². The van der Waals surface area contributed by atoms with Crippen LogP contribution in [0.3, 0.4) is 0 Å². The van der Waals surface area contributed by atoms with Crippen molar-refractivity contribution < 1.29 is 4.79 Å². The highest BCUT2D eigenvalue weighted by Gasteiger charge is 2.16. The summed E-state index contributed by atoms with van der Waals surface area (Å²) in [5.74, 6) is 0. The number of carbonyl (C=O) groups excluding carboxylic acids is 1. The first-order valence-electron chi connectivity index (χ1n) is 13.7. The predicted octanol–water partition coefficient (Wildman–Crippen LogP) is 8.06. The second-order valence-electron chi connectivity index (χ2n) is 10.3. The number of halogens is 1. The molecule has 3 aromatic carbocycles. The fraction of sp³-hybridized carbons (Fsp3) is 0.273. The normalized spacial score (nSPS) is 13.7. The number of urea groups is 1. The first-order valence-corrected chi connectivity index (χ1v) is 14.1. The zero-order valence-corrected chi connectivity index (χ0v) is 22.9. The van der Waals surface area contributed by atoms with Crippen LogP contribution in [-0.4, -0.2) is 22.0 Å². The number of anilines is 1. The second kappa shape index (κ2) is 13.4. The van der Waals surface area contributed by atoms with Gasteiger partial charge in [-0.25, -0.2) is 4.79 Å². The van der Waals surface area contributed by atoms with Crippen molar-refractivity contribution in [3.05, 3.63) is 119 Å². The molecule has 1 aliphatic carbocycles. The summed E-state index contributed by atoms with van der Waals surface area (Å²) in [6.07, 6.45) is 10.2. The second-order valence-corrected chi connectivity index (χ2v) is 10.7. The van der Waals surface area contributed by atoms with Crippen LogP contribution >= 0.6 is 11.6 Å². The van der Waals surface area contributed by atoms with Gasteiger partial charge in [0.1, 0.15) is 0 Å². The maximum Gasteiger partial charge on any atom is 0.322 e. The van der Waals surface area contributed by atoms with E-state index in [2.05, 4.69) is 64.1 Å². The number of amides is 2. The number of nitrogens with zero attached hydrogens (tertiary/aromatic N) is 2. The van der Waals surface area contributed by atoms with Crippen LogP contribution in [0.2, 0.25) is 5.02 Å². The molecule has 5 nitrogen and oxygen atoms in total. The van der Waals surface area contributed by atoms with Crippen LogP contribution in [0.25, 0.3) is 11.1 Å². The monoisotopic (exact) mass is 538 g/mol. The molecule has 2 N–H and O–H groups in total. The molecule has 5 rings (SSSR count). The highest BCUT2D eigenvalue weighted by molar-refractivity contribution is 6.30. The smallest absolute Gasteiger partial charge is 0.316 e. The highest BCUT2D eigenvalue weighted by Crippen LogP contribution is 2.23. The number of nitrogens with one attached hydrogen (secondary N) is 2. The summed E-state index contributed by atoms with van der Waals surface area (Å²) in [6, 6.07) is 28.8. The summed E-state index contributed by atoms with van der Waals surface area (Å²) < 4.78 is 0. The van der Waals surface area contributed by atoms with E-state index in [4.69, 9.17) is 11.6 Å². The Morgan fingerprint density at radius 1 is 0.795 bits per heavy atom. The van der Waals surface area contributed by atoms with Crippen molar-refractivity contribution >= 4 is 23.3 Å². The number of benzene rings is 3. The Morgan fingerprint density at radius 3 is 2.08 bits per heavy atom. The number of aromatic nitrogens is 1. The Labute approximate surface area is 236 Å². The van der Waals surface area contributed by atoms with Gasteiger partial charge >= 0.3 is 6.03 Å². The number of rotatable bonds is 9. The van der Waals surface area contributed by atoms with Crippen molar-refractivity contribution in [3.8, 4) is 11.1 Å². The van der Waals surface area contributed by atoms with Crippen LogP contribution < -0.4 is 10.6 Å². The molecule has 39 heavy (non-hydrogen) atoms. The van der Waals surface area contributed by atoms with E-state index in [1.807, 2.05) is 12.1 Å². The van der Waals surface area contributed by atoms with E-state index in [0.29, 0.717) is 29.8 Å². The quantitative estimate of drug-likeness (QED) is 0.226. The molecule has 200 valence electrons. The molecule has 1 fully saturated rings. The minimum Gasteiger partial charge on any atom is -0.316 e. The molecule has 0 spiro atoms. The van der Waals surface area contributed by atoms with Crippen LogP contribution in [0.5, 0.6) is 0 Å². The van der Waals surface area contributed by atoms with E-state index in [-0.39, 0.29) is 6.03 Å². The number of hydrogen-bond donors (Lipinski definition) is 2. The maximum atomic E-state index is 13.2. The molecular formula is C33H35ClN4O. The first kappa shape index (κ1) is 26.9. The lowest BCUT2D eigenvalue weighted by atomic mass is 9.95. The van der Waals surface area contributed by atoms with Crippen LogP contribution in [0.15, 0.2) is 97.3 Å². The predicted molar refractivity (Wildman–Crippen MR) is 160 cm³/mol. The molecule has 0 bridgehead atoms. The van der Waals surface area contributed by atoms with Gasteiger partial charge in [-0.2, -0.15) is 0 Å². The van der Waals surface area contributed by atoms with Gasteiger partial charge in [0.25, 0.3) is 0 Å². The van der Waals surface area contributed by atoms with Gasteiger partial charge in [0.05, 0.1) is 0 Å². The van der Waals surface area contributed by atoms with E-state index in [1.54, 1.807) is 41.6 Å². The standard InChI is InChI=1S/C33H35ClN4O/c34-30-16-18-32(19-17-30)37-33(39)38(24-27-5-4-20-35-21-27)23-26-10-14-29(15-11-26)28-12-8-25(9-13-28)22-36-31-6-2-1-3-7-31/h4-5,8-21,31,36H,1-3,6-7,22-24H2,(H,37,39). The third-order valence-corrected chi connectivity index (χ3v) is 7.55. The number of pyridine rings is 1. The first-order chi connectivity index (χ1) is 19.1. The molecule has 2 amide bonds. The fourth-order valence-corrected chi connectivity index (χ4v) is 5.18. The van der Waals surface area contributed by atoms with E-state index < -0.39 is 0 Å². The lowest BCUT2D eigenvalue weighted by molar-refractivity contribution is 0.206. The molecule has 1 aromatic heterocycles. The summed E-state index contributed by atoms with van der Waals surface area (Å²) in [5.41, 5.74) is 6.40. The van der Waals surface area contributed by atoms with Crippen molar-refractivity contribution in [2.24, 2.45) is 0 Å². The van der Waals surface area contributed by atoms with Gasteiger partial charge in [0.2, 0.25) is 0 Å². The third-order valence-electron chi connectivity index (χ3n) is 7.29. The van der Waals surface area contributed by atoms with Gasteiger partial charge in [-0.3, -0.25) is 4.98 Å². The SMILES string of the molecule is O=C(Nc1ccc(Cl)cc1)N(Cc1ccc(-c2ccc(CNC3CCCCC3)cc2)cc1)Cc1cccnc1.